The molecule has 5 rings (SSSR count). The summed E-state index contributed by atoms with van der Waals surface area (Å²) in [6, 6.07) is 21.7. The van der Waals surface area contributed by atoms with Crippen LogP contribution in [0.4, 0.5) is 0 Å². The normalized spacial score (nSPS) is 14.8. The van der Waals surface area contributed by atoms with Crippen molar-refractivity contribution in [3.05, 3.63) is 94.0 Å². The van der Waals surface area contributed by atoms with Gasteiger partial charge in [-0.15, -0.1) is 0 Å². The summed E-state index contributed by atoms with van der Waals surface area (Å²) in [6.07, 6.45) is 0. The Kier molecular flexibility index (Phi) is 8.14. The molecule has 0 aliphatic carbocycles. The van der Waals surface area contributed by atoms with Crippen LogP contribution in [0, 0.1) is 0 Å². The lowest BCUT2D eigenvalue weighted by Gasteiger charge is -2.38. The Balaban J connectivity index is 1.37. The molecule has 1 aromatic heterocycles. The molecule has 1 aliphatic heterocycles. The number of halogens is 1. The summed E-state index contributed by atoms with van der Waals surface area (Å²) >= 11 is 5.92. The summed E-state index contributed by atoms with van der Waals surface area (Å²) < 4.78 is 13.2. The second kappa shape index (κ2) is 11.9. The van der Waals surface area contributed by atoms with Gasteiger partial charge >= 0.3 is 0 Å². The van der Waals surface area contributed by atoms with Gasteiger partial charge in [0.25, 0.3) is 11.5 Å². The smallest absolute Gasteiger partial charge is 0.266 e. The summed E-state index contributed by atoms with van der Waals surface area (Å²) in [6.45, 7) is 6.82. The molecule has 0 radical (unpaired) electrons. The molecule has 4 aromatic rings. The number of hydrogen-bond donors (Lipinski definition) is 0. The molecule has 0 saturated carbocycles. The second-order valence-corrected chi connectivity index (χ2v) is 9.80. The number of piperazine rings is 1. The number of carbonyl (C=O) groups is 1. The Morgan fingerprint density at radius 2 is 1.64 bits per heavy atom. The van der Waals surface area contributed by atoms with Gasteiger partial charge < -0.3 is 14.4 Å². The molecule has 0 N–H and O–H groups in total. The van der Waals surface area contributed by atoms with Crippen LogP contribution in [0.15, 0.2) is 77.6 Å². The van der Waals surface area contributed by atoms with E-state index in [4.69, 9.17) is 26.1 Å². The molecule has 9 heteroatoms. The van der Waals surface area contributed by atoms with Crippen LogP contribution in [-0.4, -0.2) is 64.7 Å². The van der Waals surface area contributed by atoms with Gasteiger partial charge in [-0.2, -0.15) is 0 Å². The fourth-order valence-corrected chi connectivity index (χ4v) is 5.00. The van der Waals surface area contributed by atoms with Crippen LogP contribution >= 0.6 is 11.6 Å². The van der Waals surface area contributed by atoms with Crippen LogP contribution in [0.1, 0.15) is 25.7 Å². The van der Waals surface area contributed by atoms with E-state index >= 15 is 0 Å². The minimum absolute atomic E-state index is 0.0306. The molecular weight excluding hydrogens is 516 g/mol. The number of rotatable bonds is 8. The molecule has 1 fully saturated rings. The zero-order chi connectivity index (χ0) is 27.4. The van der Waals surface area contributed by atoms with Crippen LogP contribution in [0.3, 0.4) is 0 Å². The summed E-state index contributed by atoms with van der Waals surface area (Å²) in [5.74, 6) is 1.80. The third kappa shape index (κ3) is 5.77. The number of para-hydroxylation sites is 3. The van der Waals surface area contributed by atoms with Crippen LogP contribution in [0.2, 0.25) is 5.02 Å². The Bertz CT molecular complexity index is 1510. The predicted molar refractivity (Wildman–Crippen MR) is 152 cm³/mol. The summed E-state index contributed by atoms with van der Waals surface area (Å²) in [5.41, 5.74) is 1.18. The van der Waals surface area contributed by atoms with Gasteiger partial charge in [0.2, 0.25) is 0 Å². The fourth-order valence-electron chi connectivity index (χ4n) is 4.87. The lowest BCUT2D eigenvalue weighted by Crippen LogP contribution is -2.51. The molecule has 8 nitrogen and oxygen atoms in total. The first-order valence-corrected chi connectivity index (χ1v) is 13.5. The average molecular weight is 547 g/mol. The molecule has 3 aromatic carbocycles. The van der Waals surface area contributed by atoms with Crippen molar-refractivity contribution in [2.75, 3.05) is 39.4 Å². The van der Waals surface area contributed by atoms with Gasteiger partial charge in [0, 0.05) is 31.2 Å². The maximum Gasteiger partial charge on any atom is 0.266 e. The maximum atomic E-state index is 13.8. The zero-order valence-electron chi connectivity index (χ0n) is 22.0. The van der Waals surface area contributed by atoms with Crippen molar-refractivity contribution < 1.29 is 14.3 Å². The SMILES string of the molecule is CCOc1ccccc1-n1c([C@@H](C)N2CCN(C(=O)COc3ccc(Cl)cc3)CC2)nc2ccccc2c1=O. The molecule has 1 saturated heterocycles. The highest BCUT2D eigenvalue weighted by Crippen LogP contribution is 2.28. The standard InChI is InChI=1S/C30H31ClN4O4/c1-3-38-27-11-7-6-10-26(27)35-29(32-25-9-5-4-8-24(25)30(35)37)21(2)33-16-18-34(19-17-33)28(36)20-39-23-14-12-22(31)13-15-23/h4-15,21H,3,16-20H2,1-2H3/t21-/m1/s1. The first kappa shape index (κ1) is 26.7. The van der Waals surface area contributed by atoms with E-state index in [0.29, 0.717) is 71.7 Å². The fraction of sp³-hybridized carbons (Fsp3) is 0.300. The van der Waals surface area contributed by atoms with E-state index in [1.807, 2.05) is 54.3 Å². The minimum Gasteiger partial charge on any atom is -0.492 e. The van der Waals surface area contributed by atoms with Crippen LogP contribution < -0.4 is 15.0 Å². The number of benzene rings is 3. The van der Waals surface area contributed by atoms with E-state index in [1.165, 1.54) is 0 Å². The van der Waals surface area contributed by atoms with Gasteiger partial charge in [0.1, 0.15) is 17.3 Å². The topological polar surface area (TPSA) is 76.9 Å². The number of aromatic nitrogens is 2. The van der Waals surface area contributed by atoms with Crippen molar-refractivity contribution in [3.63, 3.8) is 0 Å². The van der Waals surface area contributed by atoms with Crippen molar-refractivity contribution in [1.29, 1.82) is 0 Å². The predicted octanol–water partition coefficient (Wildman–Crippen LogP) is 4.72. The van der Waals surface area contributed by atoms with Gasteiger partial charge in [0.05, 0.1) is 29.2 Å². The molecule has 202 valence electrons. The third-order valence-electron chi connectivity index (χ3n) is 6.97. The molecule has 39 heavy (non-hydrogen) atoms. The lowest BCUT2D eigenvalue weighted by atomic mass is 10.1. The zero-order valence-corrected chi connectivity index (χ0v) is 22.8. The number of ether oxygens (including phenoxy) is 2. The molecule has 0 unspecified atom stereocenters. The monoisotopic (exact) mass is 546 g/mol. The number of fused-ring (bicyclic) bond motifs is 1. The quantitative estimate of drug-likeness (QED) is 0.318. The number of nitrogens with zero attached hydrogens (tertiary/aromatic N) is 4. The van der Waals surface area contributed by atoms with Crippen LogP contribution in [-0.2, 0) is 4.79 Å². The van der Waals surface area contributed by atoms with Crippen molar-refractivity contribution in [2.24, 2.45) is 0 Å². The highest BCUT2D eigenvalue weighted by atomic mass is 35.5. The van der Waals surface area contributed by atoms with Crippen molar-refractivity contribution in [3.8, 4) is 17.2 Å². The Morgan fingerprint density at radius 3 is 2.38 bits per heavy atom. The van der Waals surface area contributed by atoms with E-state index in [0.717, 1.165) is 0 Å². The Hall–Kier alpha value is -3.88. The van der Waals surface area contributed by atoms with Gasteiger partial charge in [-0.05, 0) is 62.4 Å². The minimum atomic E-state index is -0.181. The molecule has 2 heterocycles. The van der Waals surface area contributed by atoms with Gasteiger partial charge in [-0.25, -0.2) is 4.98 Å². The summed E-state index contributed by atoms with van der Waals surface area (Å²) in [4.78, 5) is 35.6. The third-order valence-corrected chi connectivity index (χ3v) is 7.22. The second-order valence-electron chi connectivity index (χ2n) is 9.36. The number of hydrogen-bond acceptors (Lipinski definition) is 6. The number of carbonyl (C=O) groups excluding carboxylic acids is 1. The highest BCUT2D eigenvalue weighted by molar-refractivity contribution is 6.30. The first-order chi connectivity index (χ1) is 19.0. The Labute approximate surface area is 232 Å². The highest BCUT2D eigenvalue weighted by Gasteiger charge is 2.29. The molecule has 1 atom stereocenters. The molecule has 1 aliphatic rings. The maximum absolute atomic E-state index is 13.8. The Morgan fingerprint density at radius 1 is 0.949 bits per heavy atom. The van der Waals surface area contributed by atoms with E-state index in [-0.39, 0.29) is 24.1 Å². The van der Waals surface area contributed by atoms with Crippen molar-refractivity contribution in [2.45, 2.75) is 19.9 Å². The average Bonchev–Trinajstić information content (AvgIpc) is 2.97. The largest absolute Gasteiger partial charge is 0.492 e. The molecule has 1 amide bonds. The van der Waals surface area contributed by atoms with Crippen LogP contribution in [0.5, 0.6) is 11.5 Å². The van der Waals surface area contributed by atoms with E-state index in [2.05, 4.69) is 11.8 Å². The molecule has 0 bridgehead atoms. The van der Waals surface area contributed by atoms with Crippen molar-refractivity contribution >= 4 is 28.4 Å². The van der Waals surface area contributed by atoms with Gasteiger partial charge in [-0.3, -0.25) is 19.1 Å². The molecule has 0 spiro atoms. The van der Waals surface area contributed by atoms with Gasteiger partial charge in [-0.1, -0.05) is 35.9 Å². The lowest BCUT2D eigenvalue weighted by molar-refractivity contribution is -0.135. The molecular formula is C30H31ClN4O4. The van der Waals surface area contributed by atoms with Crippen LogP contribution in [0.25, 0.3) is 16.6 Å². The van der Waals surface area contributed by atoms with Crippen molar-refractivity contribution in [1.82, 2.24) is 19.4 Å². The summed E-state index contributed by atoms with van der Waals surface area (Å²) in [5, 5.41) is 1.17. The summed E-state index contributed by atoms with van der Waals surface area (Å²) in [7, 11) is 0. The van der Waals surface area contributed by atoms with Gasteiger partial charge in [0.15, 0.2) is 6.61 Å². The van der Waals surface area contributed by atoms with E-state index in [1.54, 1.807) is 34.9 Å². The number of amides is 1. The van der Waals surface area contributed by atoms with E-state index in [9.17, 15) is 9.59 Å². The first-order valence-electron chi connectivity index (χ1n) is 13.1. The van der Waals surface area contributed by atoms with E-state index < -0.39 is 0 Å².